The normalized spacial score (nSPS) is 13.4. The highest BCUT2D eigenvalue weighted by Crippen LogP contribution is 2.17. The predicted octanol–water partition coefficient (Wildman–Crippen LogP) is 3.23. The van der Waals surface area contributed by atoms with Crippen LogP contribution < -0.4 is 0 Å². The van der Waals surface area contributed by atoms with Gasteiger partial charge in [0.15, 0.2) is 0 Å². The fourth-order valence-corrected chi connectivity index (χ4v) is 1.54. The fraction of sp³-hybridized carbons (Fsp3) is 0.700. The van der Waals surface area contributed by atoms with Crippen molar-refractivity contribution in [3.05, 3.63) is 16.4 Å². The second-order valence-electron chi connectivity index (χ2n) is 3.57. The number of hydrogen-bond donors (Lipinski definition) is 0. The lowest BCUT2D eigenvalue weighted by Gasteiger charge is -2.08. The van der Waals surface area contributed by atoms with Gasteiger partial charge in [-0.25, -0.2) is 8.78 Å². The molecule has 92 valence electrons. The van der Waals surface area contributed by atoms with Gasteiger partial charge in [-0.2, -0.15) is 5.10 Å². The molecule has 16 heavy (non-hydrogen) atoms. The molecule has 0 radical (unpaired) electrons. The lowest BCUT2D eigenvalue weighted by molar-refractivity contribution is 0.0478. The van der Waals surface area contributed by atoms with Crippen molar-refractivity contribution in [2.75, 3.05) is 0 Å². The molecule has 0 aromatic carbocycles. The van der Waals surface area contributed by atoms with Gasteiger partial charge in [0.2, 0.25) is 0 Å². The Morgan fingerprint density at radius 1 is 1.56 bits per heavy atom. The van der Waals surface area contributed by atoms with Gasteiger partial charge in [-0.15, -0.1) is 0 Å². The Balaban J connectivity index is 2.56. The smallest absolute Gasteiger partial charge is 0.257 e. The van der Waals surface area contributed by atoms with E-state index in [1.54, 1.807) is 6.20 Å². The van der Waals surface area contributed by atoms with Crippen LogP contribution in [0, 0.1) is 0 Å². The topological polar surface area (TPSA) is 27.1 Å². The minimum absolute atomic E-state index is 0.146. The Hall–Kier alpha value is -0.490. The van der Waals surface area contributed by atoms with E-state index in [0.717, 1.165) is 6.42 Å². The van der Waals surface area contributed by atoms with Crippen LogP contribution in [0.2, 0.25) is 0 Å². The minimum atomic E-state index is -2.39. The van der Waals surface area contributed by atoms with E-state index in [0.29, 0.717) is 16.8 Å². The maximum atomic E-state index is 12.1. The molecule has 0 aliphatic heterocycles. The van der Waals surface area contributed by atoms with Gasteiger partial charge in [0.1, 0.15) is 12.2 Å². The van der Waals surface area contributed by atoms with Crippen molar-refractivity contribution < 1.29 is 13.5 Å². The third kappa shape index (κ3) is 4.17. The van der Waals surface area contributed by atoms with Crippen molar-refractivity contribution >= 4 is 15.9 Å². The SMILES string of the molecule is CCC(C)OCc1nn(CC(F)F)cc1Br. The zero-order valence-corrected chi connectivity index (χ0v) is 10.9. The van der Waals surface area contributed by atoms with Crippen LogP contribution in [0.4, 0.5) is 8.78 Å². The lowest BCUT2D eigenvalue weighted by atomic mass is 10.3. The Morgan fingerprint density at radius 3 is 2.81 bits per heavy atom. The van der Waals surface area contributed by atoms with Crippen LogP contribution in [0.25, 0.3) is 0 Å². The van der Waals surface area contributed by atoms with E-state index in [1.165, 1.54) is 4.68 Å². The van der Waals surface area contributed by atoms with Crippen LogP contribution in [0.3, 0.4) is 0 Å². The zero-order chi connectivity index (χ0) is 12.1. The highest BCUT2D eigenvalue weighted by Gasteiger charge is 2.11. The maximum absolute atomic E-state index is 12.1. The number of nitrogens with zero attached hydrogens (tertiary/aromatic N) is 2. The summed E-state index contributed by atoms with van der Waals surface area (Å²) in [5, 5.41) is 4.02. The van der Waals surface area contributed by atoms with Crippen LogP contribution in [-0.4, -0.2) is 22.3 Å². The van der Waals surface area contributed by atoms with Crippen molar-refractivity contribution in [1.82, 2.24) is 9.78 Å². The van der Waals surface area contributed by atoms with E-state index in [-0.39, 0.29) is 12.6 Å². The molecule has 0 saturated carbocycles. The lowest BCUT2D eigenvalue weighted by Crippen LogP contribution is -2.09. The summed E-state index contributed by atoms with van der Waals surface area (Å²) < 4.78 is 31.7. The fourth-order valence-electron chi connectivity index (χ4n) is 1.11. The van der Waals surface area contributed by atoms with Crippen molar-refractivity contribution in [3.8, 4) is 0 Å². The van der Waals surface area contributed by atoms with Crippen molar-refractivity contribution in [2.45, 2.75) is 45.9 Å². The number of aromatic nitrogens is 2. The van der Waals surface area contributed by atoms with Crippen molar-refractivity contribution in [1.29, 1.82) is 0 Å². The molecule has 0 saturated heterocycles. The molecule has 1 atom stereocenters. The number of halogens is 3. The largest absolute Gasteiger partial charge is 0.372 e. The highest BCUT2D eigenvalue weighted by atomic mass is 79.9. The third-order valence-electron chi connectivity index (χ3n) is 2.19. The van der Waals surface area contributed by atoms with Gasteiger partial charge in [-0.05, 0) is 29.3 Å². The summed E-state index contributed by atoms with van der Waals surface area (Å²) in [6, 6.07) is 0. The molecule has 0 fully saturated rings. The van der Waals surface area contributed by atoms with E-state index in [1.807, 2.05) is 13.8 Å². The Bertz CT molecular complexity index is 331. The number of alkyl halides is 2. The summed E-state index contributed by atoms with van der Waals surface area (Å²) in [5.41, 5.74) is 0.654. The van der Waals surface area contributed by atoms with Gasteiger partial charge in [0.05, 0.1) is 17.2 Å². The first-order valence-corrected chi connectivity index (χ1v) is 5.93. The molecular weight excluding hydrogens is 282 g/mol. The summed E-state index contributed by atoms with van der Waals surface area (Å²) in [4.78, 5) is 0. The van der Waals surface area contributed by atoms with Crippen LogP contribution >= 0.6 is 15.9 Å². The van der Waals surface area contributed by atoms with Crippen molar-refractivity contribution in [3.63, 3.8) is 0 Å². The molecule has 0 N–H and O–H groups in total. The molecule has 1 aromatic heterocycles. The van der Waals surface area contributed by atoms with E-state index >= 15 is 0 Å². The van der Waals surface area contributed by atoms with Gasteiger partial charge < -0.3 is 4.74 Å². The molecule has 6 heteroatoms. The monoisotopic (exact) mass is 296 g/mol. The van der Waals surface area contributed by atoms with E-state index in [4.69, 9.17) is 4.74 Å². The quantitative estimate of drug-likeness (QED) is 0.806. The van der Waals surface area contributed by atoms with Gasteiger partial charge in [0, 0.05) is 6.20 Å². The zero-order valence-electron chi connectivity index (χ0n) is 9.29. The second-order valence-corrected chi connectivity index (χ2v) is 4.42. The van der Waals surface area contributed by atoms with E-state index in [2.05, 4.69) is 21.0 Å². The van der Waals surface area contributed by atoms with E-state index < -0.39 is 6.43 Å². The predicted molar refractivity (Wildman–Crippen MR) is 60.5 cm³/mol. The van der Waals surface area contributed by atoms with Crippen LogP contribution in [0.5, 0.6) is 0 Å². The summed E-state index contributed by atoms with van der Waals surface area (Å²) >= 11 is 3.27. The van der Waals surface area contributed by atoms with Crippen LogP contribution in [0.15, 0.2) is 10.7 Å². The molecule has 1 unspecified atom stereocenters. The maximum Gasteiger partial charge on any atom is 0.257 e. The molecule has 1 rings (SSSR count). The average molecular weight is 297 g/mol. The Labute approximate surface area is 102 Å². The first kappa shape index (κ1) is 13.6. The van der Waals surface area contributed by atoms with Gasteiger partial charge in [0.25, 0.3) is 6.43 Å². The molecule has 0 bridgehead atoms. The van der Waals surface area contributed by atoms with Crippen molar-refractivity contribution in [2.24, 2.45) is 0 Å². The number of hydrogen-bond acceptors (Lipinski definition) is 2. The van der Waals surface area contributed by atoms with Gasteiger partial charge in [-0.1, -0.05) is 6.92 Å². The minimum Gasteiger partial charge on any atom is -0.372 e. The Morgan fingerprint density at radius 2 is 2.25 bits per heavy atom. The Kier molecular flexibility index (Phi) is 5.34. The molecule has 0 aliphatic rings. The summed E-state index contributed by atoms with van der Waals surface area (Å²) in [5.74, 6) is 0. The van der Waals surface area contributed by atoms with E-state index in [9.17, 15) is 8.78 Å². The average Bonchev–Trinajstić information content (AvgIpc) is 2.54. The standard InChI is InChI=1S/C10H15BrF2N2O/c1-3-7(2)16-6-9-8(11)4-15(14-9)5-10(12)13/h4,7,10H,3,5-6H2,1-2H3. The second kappa shape index (κ2) is 6.30. The molecule has 1 heterocycles. The molecule has 0 spiro atoms. The molecule has 3 nitrogen and oxygen atoms in total. The number of rotatable bonds is 6. The van der Waals surface area contributed by atoms with Gasteiger partial charge in [-0.3, -0.25) is 4.68 Å². The van der Waals surface area contributed by atoms with Crippen LogP contribution in [0.1, 0.15) is 26.0 Å². The molecule has 1 aromatic rings. The first-order chi connectivity index (χ1) is 7.52. The molecule has 0 aliphatic carbocycles. The van der Waals surface area contributed by atoms with Crippen LogP contribution in [-0.2, 0) is 17.9 Å². The van der Waals surface area contributed by atoms with Gasteiger partial charge >= 0.3 is 0 Å². The third-order valence-corrected chi connectivity index (χ3v) is 2.85. The number of ether oxygens (including phenoxy) is 1. The summed E-state index contributed by atoms with van der Waals surface area (Å²) in [7, 11) is 0. The summed E-state index contributed by atoms with van der Waals surface area (Å²) in [6.07, 6.45) is 0.207. The molecule has 0 amide bonds. The highest BCUT2D eigenvalue weighted by molar-refractivity contribution is 9.10. The molecular formula is C10H15BrF2N2O. The summed E-state index contributed by atoms with van der Waals surface area (Å²) in [6.45, 7) is 3.94. The first-order valence-electron chi connectivity index (χ1n) is 5.14.